The lowest BCUT2D eigenvalue weighted by molar-refractivity contribution is 0.0956. The second-order valence-electron chi connectivity index (χ2n) is 4.82. The minimum atomic E-state index is 0.209. The molecular formula is C15H22BrNO2. The zero-order chi connectivity index (χ0) is 14.3. The van der Waals surface area contributed by atoms with Gasteiger partial charge in [0, 0.05) is 29.6 Å². The van der Waals surface area contributed by atoms with Gasteiger partial charge in [0.15, 0.2) is 5.78 Å². The van der Waals surface area contributed by atoms with Gasteiger partial charge in [-0.3, -0.25) is 4.79 Å². The standard InChI is InChI=1S/C15H22BrNO2/c1-12(11-19-3)17(2)10-4-5-15(18)13-6-8-14(16)9-7-13/h6-9,12H,4-5,10-11H2,1-3H3. The van der Waals surface area contributed by atoms with Gasteiger partial charge in [0.05, 0.1) is 6.61 Å². The summed E-state index contributed by atoms with van der Waals surface area (Å²) in [7, 11) is 3.77. The highest BCUT2D eigenvalue weighted by molar-refractivity contribution is 9.10. The number of carbonyl (C=O) groups is 1. The predicted octanol–water partition coefficient (Wildman–Crippen LogP) is 3.38. The fraction of sp³-hybridized carbons (Fsp3) is 0.533. The molecule has 0 radical (unpaired) electrons. The largest absolute Gasteiger partial charge is 0.383 e. The molecule has 0 heterocycles. The first-order chi connectivity index (χ1) is 9.04. The van der Waals surface area contributed by atoms with E-state index in [1.54, 1.807) is 7.11 Å². The van der Waals surface area contributed by atoms with Crippen molar-refractivity contribution in [1.82, 2.24) is 4.90 Å². The lowest BCUT2D eigenvalue weighted by Crippen LogP contribution is -2.33. The molecule has 106 valence electrons. The van der Waals surface area contributed by atoms with Gasteiger partial charge in [-0.2, -0.15) is 0 Å². The van der Waals surface area contributed by atoms with E-state index < -0.39 is 0 Å². The molecule has 0 aliphatic rings. The van der Waals surface area contributed by atoms with E-state index in [9.17, 15) is 4.79 Å². The monoisotopic (exact) mass is 327 g/mol. The van der Waals surface area contributed by atoms with Crippen LogP contribution in [0.25, 0.3) is 0 Å². The van der Waals surface area contributed by atoms with Crippen LogP contribution in [0.3, 0.4) is 0 Å². The zero-order valence-corrected chi connectivity index (χ0v) is 13.4. The van der Waals surface area contributed by atoms with Crippen molar-refractivity contribution >= 4 is 21.7 Å². The Morgan fingerprint density at radius 1 is 1.37 bits per heavy atom. The normalized spacial score (nSPS) is 12.7. The van der Waals surface area contributed by atoms with E-state index >= 15 is 0 Å². The average molecular weight is 328 g/mol. The summed E-state index contributed by atoms with van der Waals surface area (Å²) >= 11 is 3.37. The maximum Gasteiger partial charge on any atom is 0.162 e. The number of methoxy groups -OCH3 is 1. The van der Waals surface area contributed by atoms with E-state index in [0.29, 0.717) is 12.5 Å². The Morgan fingerprint density at radius 2 is 2.00 bits per heavy atom. The zero-order valence-electron chi connectivity index (χ0n) is 11.9. The molecule has 0 saturated heterocycles. The number of halogens is 1. The molecule has 1 aromatic rings. The number of ether oxygens (including phenoxy) is 1. The van der Waals surface area contributed by atoms with Gasteiger partial charge in [-0.1, -0.05) is 28.1 Å². The number of Topliss-reactive ketones (excluding diaryl/α,β-unsaturated/α-hetero) is 1. The topological polar surface area (TPSA) is 29.5 Å². The van der Waals surface area contributed by atoms with Gasteiger partial charge in [-0.25, -0.2) is 0 Å². The van der Waals surface area contributed by atoms with Crippen molar-refractivity contribution in [3.05, 3.63) is 34.3 Å². The Labute approximate surface area is 124 Å². The van der Waals surface area contributed by atoms with Crippen LogP contribution < -0.4 is 0 Å². The Kier molecular flexibility index (Phi) is 7.28. The fourth-order valence-electron chi connectivity index (χ4n) is 1.86. The molecule has 1 aromatic carbocycles. The highest BCUT2D eigenvalue weighted by Gasteiger charge is 2.10. The Bertz CT molecular complexity index is 392. The van der Waals surface area contributed by atoms with Crippen molar-refractivity contribution in [1.29, 1.82) is 0 Å². The first-order valence-corrected chi connectivity index (χ1v) is 7.32. The molecule has 0 spiro atoms. The summed E-state index contributed by atoms with van der Waals surface area (Å²) in [6.45, 7) is 3.75. The summed E-state index contributed by atoms with van der Waals surface area (Å²) in [5.74, 6) is 0.209. The number of rotatable bonds is 8. The number of ketones is 1. The van der Waals surface area contributed by atoms with E-state index in [0.717, 1.165) is 29.6 Å². The molecule has 1 unspecified atom stereocenters. The van der Waals surface area contributed by atoms with Crippen LogP contribution in [0, 0.1) is 0 Å². The molecule has 0 aromatic heterocycles. The minimum absolute atomic E-state index is 0.209. The van der Waals surface area contributed by atoms with Gasteiger partial charge < -0.3 is 9.64 Å². The Morgan fingerprint density at radius 3 is 2.58 bits per heavy atom. The maximum atomic E-state index is 12.0. The van der Waals surface area contributed by atoms with Crippen molar-refractivity contribution in [2.24, 2.45) is 0 Å². The molecule has 0 saturated carbocycles. The Hall–Kier alpha value is -0.710. The summed E-state index contributed by atoms with van der Waals surface area (Å²) in [5, 5.41) is 0. The number of likely N-dealkylation sites (N-methyl/N-ethyl adjacent to an activating group) is 1. The molecule has 0 N–H and O–H groups in total. The maximum absolute atomic E-state index is 12.0. The number of nitrogens with zero attached hydrogens (tertiary/aromatic N) is 1. The molecule has 1 rings (SSSR count). The average Bonchev–Trinajstić information content (AvgIpc) is 2.39. The predicted molar refractivity (Wildman–Crippen MR) is 81.7 cm³/mol. The minimum Gasteiger partial charge on any atom is -0.383 e. The van der Waals surface area contributed by atoms with Gasteiger partial charge in [-0.15, -0.1) is 0 Å². The van der Waals surface area contributed by atoms with E-state index in [1.165, 1.54) is 0 Å². The van der Waals surface area contributed by atoms with Crippen LogP contribution in [0.15, 0.2) is 28.7 Å². The van der Waals surface area contributed by atoms with Crippen LogP contribution in [0.4, 0.5) is 0 Å². The van der Waals surface area contributed by atoms with Crippen molar-refractivity contribution in [2.45, 2.75) is 25.8 Å². The number of benzene rings is 1. The van der Waals surface area contributed by atoms with E-state index in [-0.39, 0.29) is 5.78 Å². The van der Waals surface area contributed by atoms with Crippen LogP contribution in [-0.4, -0.2) is 44.0 Å². The lowest BCUT2D eigenvalue weighted by Gasteiger charge is -2.23. The molecule has 0 aliphatic heterocycles. The summed E-state index contributed by atoms with van der Waals surface area (Å²) in [4.78, 5) is 14.2. The molecule has 1 atom stereocenters. The number of hydrogen-bond acceptors (Lipinski definition) is 3. The molecule has 0 bridgehead atoms. The first-order valence-electron chi connectivity index (χ1n) is 6.52. The molecule has 4 heteroatoms. The van der Waals surface area contributed by atoms with Crippen LogP contribution in [0.5, 0.6) is 0 Å². The third kappa shape index (κ3) is 5.85. The molecule has 0 fully saturated rings. The quantitative estimate of drug-likeness (QED) is 0.685. The van der Waals surface area contributed by atoms with Crippen molar-refractivity contribution < 1.29 is 9.53 Å². The van der Waals surface area contributed by atoms with Crippen molar-refractivity contribution in [2.75, 3.05) is 27.3 Å². The van der Waals surface area contributed by atoms with Crippen LogP contribution in [-0.2, 0) is 4.74 Å². The van der Waals surface area contributed by atoms with Crippen LogP contribution in [0.2, 0.25) is 0 Å². The van der Waals surface area contributed by atoms with Gasteiger partial charge in [0.2, 0.25) is 0 Å². The first kappa shape index (κ1) is 16.3. The summed E-state index contributed by atoms with van der Waals surface area (Å²) in [6, 6.07) is 7.92. The number of hydrogen-bond donors (Lipinski definition) is 0. The van der Waals surface area contributed by atoms with Crippen molar-refractivity contribution in [3.63, 3.8) is 0 Å². The van der Waals surface area contributed by atoms with Crippen molar-refractivity contribution in [3.8, 4) is 0 Å². The third-order valence-electron chi connectivity index (χ3n) is 3.24. The Balaban J connectivity index is 2.33. The SMILES string of the molecule is COCC(C)N(C)CCCC(=O)c1ccc(Br)cc1. The number of carbonyl (C=O) groups excluding carboxylic acids is 1. The van der Waals surface area contributed by atoms with E-state index in [1.807, 2.05) is 24.3 Å². The second-order valence-corrected chi connectivity index (χ2v) is 5.73. The third-order valence-corrected chi connectivity index (χ3v) is 3.77. The summed E-state index contributed by atoms with van der Waals surface area (Å²) < 4.78 is 6.12. The highest BCUT2D eigenvalue weighted by Crippen LogP contribution is 2.12. The van der Waals surface area contributed by atoms with Gasteiger partial charge in [0.1, 0.15) is 0 Å². The van der Waals surface area contributed by atoms with E-state index in [2.05, 4.69) is 34.8 Å². The molecule has 0 aliphatic carbocycles. The lowest BCUT2D eigenvalue weighted by atomic mass is 10.1. The van der Waals surface area contributed by atoms with Gasteiger partial charge >= 0.3 is 0 Å². The molecule has 0 amide bonds. The smallest absolute Gasteiger partial charge is 0.162 e. The van der Waals surface area contributed by atoms with Gasteiger partial charge in [0.25, 0.3) is 0 Å². The van der Waals surface area contributed by atoms with E-state index in [4.69, 9.17) is 4.74 Å². The van der Waals surface area contributed by atoms with Gasteiger partial charge in [-0.05, 0) is 39.1 Å². The van der Waals surface area contributed by atoms with Crippen LogP contribution >= 0.6 is 15.9 Å². The molecular weight excluding hydrogens is 306 g/mol. The highest BCUT2D eigenvalue weighted by atomic mass is 79.9. The summed E-state index contributed by atoms with van der Waals surface area (Å²) in [6.07, 6.45) is 1.46. The van der Waals surface area contributed by atoms with Crippen LogP contribution in [0.1, 0.15) is 30.1 Å². The molecule has 19 heavy (non-hydrogen) atoms. The second kappa shape index (κ2) is 8.46. The fourth-order valence-corrected chi connectivity index (χ4v) is 2.12. The molecule has 3 nitrogen and oxygen atoms in total. The summed E-state index contributed by atoms with van der Waals surface area (Å²) in [5.41, 5.74) is 0.788.